The molecule has 9 heteroatoms. The van der Waals surface area contributed by atoms with Gasteiger partial charge in [-0.3, -0.25) is 9.99 Å². The predicted octanol–water partition coefficient (Wildman–Crippen LogP) is 1.98. The zero-order valence-electron chi connectivity index (χ0n) is 15.9. The Morgan fingerprint density at radius 3 is 2.72 bits per heavy atom. The molecule has 3 heterocycles. The third-order valence-corrected chi connectivity index (χ3v) is 5.88. The molecule has 0 saturated heterocycles. The van der Waals surface area contributed by atoms with Crippen molar-refractivity contribution in [2.24, 2.45) is 5.84 Å². The van der Waals surface area contributed by atoms with Gasteiger partial charge in [-0.25, -0.2) is 20.8 Å². The molecular formula is C20H21N7P2. The number of nitrogens with zero attached hydrogens (tertiary/aromatic N) is 5. The standard InChI is InChI=1S/C20H21N7P2/c1-29-13-5-6-14(18(28)9-13)17-10-24-19(21)20(26-17)27(22)11-12-4-7-15-16(25-12)3-2-8-23-15/h2-10,29H,11,22,28H2,1H3,(H2,21,24). The monoisotopic (exact) mass is 421 g/mol. The van der Waals surface area contributed by atoms with Gasteiger partial charge >= 0.3 is 0 Å². The molecule has 2 atom stereocenters. The smallest absolute Gasteiger partial charge is 0.186 e. The molecule has 0 spiro atoms. The molecule has 2 unspecified atom stereocenters. The van der Waals surface area contributed by atoms with Crippen LogP contribution in [0.25, 0.3) is 22.3 Å². The Hall–Kier alpha value is -2.72. The molecule has 146 valence electrons. The van der Waals surface area contributed by atoms with Crippen LogP contribution in [-0.4, -0.2) is 26.6 Å². The van der Waals surface area contributed by atoms with Gasteiger partial charge in [0.05, 0.1) is 35.2 Å². The second-order valence-corrected chi connectivity index (χ2v) is 8.19. The molecule has 0 aliphatic carbocycles. The molecule has 1 aromatic carbocycles. The number of pyridine rings is 2. The van der Waals surface area contributed by atoms with E-state index >= 15 is 0 Å². The Kier molecular flexibility index (Phi) is 5.63. The van der Waals surface area contributed by atoms with E-state index in [2.05, 4.69) is 54.0 Å². The minimum Gasteiger partial charge on any atom is -0.381 e. The molecule has 4 aromatic rings. The van der Waals surface area contributed by atoms with Gasteiger partial charge in [0.2, 0.25) is 0 Å². The van der Waals surface area contributed by atoms with E-state index in [0.717, 1.165) is 41.9 Å². The van der Waals surface area contributed by atoms with E-state index < -0.39 is 0 Å². The van der Waals surface area contributed by atoms with Crippen LogP contribution in [0.5, 0.6) is 0 Å². The van der Waals surface area contributed by atoms with Gasteiger partial charge in [-0.1, -0.05) is 20.7 Å². The second kappa shape index (κ2) is 8.34. The number of nitrogen functional groups attached to an aromatic ring is 1. The Morgan fingerprint density at radius 2 is 1.93 bits per heavy atom. The van der Waals surface area contributed by atoms with Crippen molar-refractivity contribution in [3.63, 3.8) is 0 Å². The lowest BCUT2D eigenvalue weighted by atomic mass is 10.1. The van der Waals surface area contributed by atoms with Crippen LogP contribution in [0.3, 0.4) is 0 Å². The van der Waals surface area contributed by atoms with Gasteiger partial charge in [-0.2, -0.15) is 0 Å². The highest BCUT2D eigenvalue weighted by Gasteiger charge is 2.14. The number of hydrazine groups is 1. The van der Waals surface area contributed by atoms with E-state index in [1.54, 1.807) is 12.4 Å². The molecule has 3 aromatic heterocycles. The summed E-state index contributed by atoms with van der Waals surface area (Å²) in [5.74, 6) is 6.99. The van der Waals surface area contributed by atoms with Gasteiger partial charge < -0.3 is 5.73 Å². The summed E-state index contributed by atoms with van der Waals surface area (Å²) in [5.41, 5.74) is 10.2. The average molecular weight is 421 g/mol. The Morgan fingerprint density at radius 1 is 1.07 bits per heavy atom. The fourth-order valence-electron chi connectivity index (χ4n) is 3.02. The Balaban J connectivity index is 1.64. The quantitative estimate of drug-likeness (QED) is 0.288. The highest BCUT2D eigenvalue weighted by molar-refractivity contribution is 7.46. The summed E-state index contributed by atoms with van der Waals surface area (Å²) >= 11 is 0. The first-order valence-electron chi connectivity index (χ1n) is 8.98. The fraction of sp³-hybridized carbons (Fsp3) is 0.100. The molecule has 0 bridgehead atoms. The maximum atomic E-state index is 6.29. The van der Waals surface area contributed by atoms with Crippen LogP contribution in [0.4, 0.5) is 11.6 Å². The van der Waals surface area contributed by atoms with Crippen molar-refractivity contribution in [2.45, 2.75) is 6.54 Å². The summed E-state index contributed by atoms with van der Waals surface area (Å²) < 4.78 is 0. The Bertz CT molecular complexity index is 1180. The number of aromatic nitrogens is 4. The summed E-state index contributed by atoms with van der Waals surface area (Å²) in [6.07, 6.45) is 3.41. The SMILES string of the molecule is CPc1ccc(-c2cnc(N)c(N(N)Cc3ccc4ncccc4n3)n2)c(P)c1. The minimum absolute atomic E-state index is 0.274. The van der Waals surface area contributed by atoms with Gasteiger partial charge in [-0.15, -0.1) is 9.24 Å². The van der Waals surface area contributed by atoms with Crippen LogP contribution in [0.2, 0.25) is 0 Å². The molecule has 0 aliphatic heterocycles. The third kappa shape index (κ3) is 4.18. The summed E-state index contributed by atoms with van der Waals surface area (Å²) in [5, 5.41) is 3.83. The topological polar surface area (TPSA) is 107 Å². The van der Waals surface area contributed by atoms with Gasteiger partial charge in [0.1, 0.15) is 0 Å². The lowest BCUT2D eigenvalue weighted by Gasteiger charge is -2.19. The fourth-order valence-corrected chi connectivity index (χ4v) is 4.16. The summed E-state index contributed by atoms with van der Waals surface area (Å²) in [6.45, 7) is 2.50. The maximum absolute atomic E-state index is 6.29. The van der Waals surface area contributed by atoms with Gasteiger partial charge in [-0.05, 0) is 47.6 Å². The third-order valence-electron chi connectivity index (χ3n) is 4.52. The molecule has 0 aliphatic rings. The molecular weight excluding hydrogens is 400 g/mol. The molecule has 29 heavy (non-hydrogen) atoms. The van der Waals surface area contributed by atoms with Gasteiger partial charge in [0.15, 0.2) is 11.6 Å². The second-order valence-electron chi connectivity index (χ2n) is 6.49. The van der Waals surface area contributed by atoms with Crippen molar-refractivity contribution in [2.75, 3.05) is 17.4 Å². The molecule has 7 nitrogen and oxygen atoms in total. The Labute approximate surface area is 172 Å². The van der Waals surface area contributed by atoms with Crippen LogP contribution in [0, 0.1) is 0 Å². The van der Waals surface area contributed by atoms with Crippen LogP contribution in [-0.2, 0) is 6.54 Å². The van der Waals surface area contributed by atoms with Gasteiger partial charge in [0, 0.05) is 11.8 Å². The lowest BCUT2D eigenvalue weighted by molar-refractivity contribution is 0.812. The van der Waals surface area contributed by atoms with Crippen LogP contribution >= 0.6 is 17.8 Å². The minimum atomic E-state index is 0.274. The average Bonchev–Trinajstić information content (AvgIpc) is 2.74. The number of benzene rings is 1. The summed E-state index contributed by atoms with van der Waals surface area (Å²) in [4.78, 5) is 17.9. The number of hydrogen-bond donors (Lipinski definition) is 2. The van der Waals surface area contributed by atoms with Crippen molar-refractivity contribution in [1.29, 1.82) is 0 Å². The van der Waals surface area contributed by atoms with E-state index in [-0.39, 0.29) is 5.82 Å². The van der Waals surface area contributed by atoms with Crippen LogP contribution in [0.1, 0.15) is 5.69 Å². The van der Waals surface area contributed by atoms with Crippen molar-refractivity contribution in [1.82, 2.24) is 19.9 Å². The van der Waals surface area contributed by atoms with E-state index in [4.69, 9.17) is 11.6 Å². The van der Waals surface area contributed by atoms with E-state index in [0.29, 0.717) is 12.4 Å². The van der Waals surface area contributed by atoms with E-state index in [9.17, 15) is 0 Å². The first kappa shape index (κ1) is 19.6. The summed E-state index contributed by atoms with van der Waals surface area (Å²) in [6, 6.07) is 13.9. The van der Waals surface area contributed by atoms with Crippen LogP contribution in [0.15, 0.2) is 54.9 Å². The maximum Gasteiger partial charge on any atom is 0.186 e. The molecule has 0 saturated carbocycles. The van der Waals surface area contributed by atoms with Crippen molar-refractivity contribution < 1.29 is 0 Å². The largest absolute Gasteiger partial charge is 0.381 e. The van der Waals surface area contributed by atoms with Crippen molar-refractivity contribution in [3.05, 3.63) is 60.6 Å². The highest BCUT2D eigenvalue weighted by Crippen LogP contribution is 2.24. The molecule has 0 amide bonds. The predicted molar refractivity (Wildman–Crippen MR) is 125 cm³/mol. The lowest BCUT2D eigenvalue weighted by Crippen LogP contribution is -2.32. The zero-order chi connectivity index (χ0) is 20.4. The van der Waals surface area contributed by atoms with Crippen molar-refractivity contribution in [3.8, 4) is 11.3 Å². The highest BCUT2D eigenvalue weighted by atomic mass is 31.1. The molecule has 4 rings (SSSR count). The summed E-state index contributed by atoms with van der Waals surface area (Å²) in [7, 11) is 3.50. The van der Waals surface area contributed by atoms with Crippen LogP contribution < -0.4 is 27.2 Å². The molecule has 4 N–H and O–H groups in total. The number of hydrogen-bond acceptors (Lipinski definition) is 7. The number of nitrogens with two attached hydrogens (primary N) is 2. The van der Waals surface area contributed by atoms with E-state index in [1.165, 1.54) is 10.3 Å². The first-order valence-corrected chi connectivity index (χ1v) is 11.1. The van der Waals surface area contributed by atoms with Crippen molar-refractivity contribution >= 4 is 51.1 Å². The number of anilines is 2. The number of fused-ring (bicyclic) bond motifs is 1. The molecule has 0 radical (unpaired) electrons. The van der Waals surface area contributed by atoms with E-state index in [1.807, 2.05) is 24.3 Å². The molecule has 0 fully saturated rings. The van der Waals surface area contributed by atoms with Gasteiger partial charge in [0.25, 0.3) is 0 Å². The number of rotatable bonds is 5. The first-order chi connectivity index (χ1) is 14.0. The zero-order valence-corrected chi connectivity index (χ0v) is 18.0. The normalized spacial score (nSPS) is 11.4.